The second-order valence-corrected chi connectivity index (χ2v) is 4.61. The standard InChI is InChI=1S/C14H17NO6/c16-12(8-10-4-2-1-3-5-10)15(21)9-11(14(19)20)6-7-13(17)18/h1-5,11,21H,6-9H2,(H,17,18)(H,19,20). The summed E-state index contributed by atoms with van der Waals surface area (Å²) in [5, 5.41) is 27.5. The molecule has 3 N–H and O–H groups in total. The fourth-order valence-corrected chi connectivity index (χ4v) is 1.76. The van der Waals surface area contributed by atoms with Crippen molar-refractivity contribution < 1.29 is 29.8 Å². The van der Waals surface area contributed by atoms with E-state index in [1.165, 1.54) is 0 Å². The number of carboxylic acids is 2. The van der Waals surface area contributed by atoms with Crippen LogP contribution in [0, 0.1) is 5.92 Å². The molecule has 7 nitrogen and oxygen atoms in total. The summed E-state index contributed by atoms with van der Waals surface area (Å²) >= 11 is 0. The minimum absolute atomic E-state index is 0.0530. The molecule has 0 heterocycles. The minimum Gasteiger partial charge on any atom is -0.481 e. The molecule has 0 fully saturated rings. The molecule has 1 aromatic rings. The Labute approximate surface area is 121 Å². The Morgan fingerprint density at radius 3 is 2.24 bits per heavy atom. The molecule has 0 spiro atoms. The zero-order valence-corrected chi connectivity index (χ0v) is 11.3. The van der Waals surface area contributed by atoms with Crippen LogP contribution in [0.25, 0.3) is 0 Å². The average molecular weight is 295 g/mol. The van der Waals surface area contributed by atoms with Gasteiger partial charge in [0.05, 0.1) is 18.9 Å². The van der Waals surface area contributed by atoms with E-state index in [1.54, 1.807) is 30.3 Å². The summed E-state index contributed by atoms with van der Waals surface area (Å²) in [4.78, 5) is 33.2. The molecular formula is C14H17NO6. The molecule has 0 bridgehead atoms. The molecule has 0 radical (unpaired) electrons. The number of rotatable bonds is 8. The first kappa shape index (κ1) is 16.6. The number of hydrogen-bond donors (Lipinski definition) is 3. The number of aliphatic carboxylic acids is 2. The molecule has 114 valence electrons. The van der Waals surface area contributed by atoms with Crippen molar-refractivity contribution in [1.29, 1.82) is 0 Å². The van der Waals surface area contributed by atoms with Gasteiger partial charge >= 0.3 is 11.9 Å². The van der Waals surface area contributed by atoms with E-state index in [-0.39, 0.29) is 19.3 Å². The van der Waals surface area contributed by atoms with Crippen LogP contribution < -0.4 is 0 Å². The summed E-state index contributed by atoms with van der Waals surface area (Å²) in [6.07, 6.45) is -0.541. The minimum atomic E-state index is -1.25. The van der Waals surface area contributed by atoms with Gasteiger partial charge in [0, 0.05) is 6.42 Å². The zero-order valence-electron chi connectivity index (χ0n) is 11.3. The molecule has 21 heavy (non-hydrogen) atoms. The number of amides is 1. The van der Waals surface area contributed by atoms with Crippen molar-refractivity contribution in [3.63, 3.8) is 0 Å². The highest BCUT2D eigenvalue weighted by Crippen LogP contribution is 2.10. The third kappa shape index (κ3) is 6.05. The maximum absolute atomic E-state index is 11.8. The maximum Gasteiger partial charge on any atom is 0.308 e. The lowest BCUT2D eigenvalue weighted by Gasteiger charge is -2.19. The summed E-state index contributed by atoms with van der Waals surface area (Å²) in [6, 6.07) is 8.71. The van der Waals surface area contributed by atoms with Crippen molar-refractivity contribution in [1.82, 2.24) is 5.06 Å². The molecule has 0 aromatic heterocycles. The summed E-state index contributed by atoms with van der Waals surface area (Å²) in [5.41, 5.74) is 0.693. The van der Waals surface area contributed by atoms with Gasteiger partial charge in [-0.15, -0.1) is 0 Å². The van der Waals surface area contributed by atoms with Crippen LogP contribution in [-0.2, 0) is 20.8 Å². The molecule has 1 rings (SSSR count). The molecule has 0 aliphatic heterocycles. The number of hydroxylamine groups is 2. The first-order valence-electron chi connectivity index (χ1n) is 6.38. The lowest BCUT2D eigenvalue weighted by Crippen LogP contribution is -2.36. The van der Waals surface area contributed by atoms with Crippen LogP contribution in [-0.4, -0.2) is 44.9 Å². The number of carbonyl (C=O) groups is 3. The third-order valence-corrected chi connectivity index (χ3v) is 2.94. The topological polar surface area (TPSA) is 115 Å². The Hall–Kier alpha value is -2.41. The van der Waals surface area contributed by atoms with E-state index in [0.717, 1.165) is 0 Å². The van der Waals surface area contributed by atoms with E-state index in [9.17, 15) is 19.6 Å². The van der Waals surface area contributed by atoms with Crippen molar-refractivity contribution in [2.75, 3.05) is 6.54 Å². The lowest BCUT2D eigenvalue weighted by atomic mass is 10.0. The Kier molecular flexibility index (Phi) is 6.35. The van der Waals surface area contributed by atoms with Crippen molar-refractivity contribution in [3.05, 3.63) is 35.9 Å². The third-order valence-electron chi connectivity index (χ3n) is 2.94. The second-order valence-electron chi connectivity index (χ2n) is 4.61. The quantitative estimate of drug-likeness (QED) is 0.487. The van der Waals surface area contributed by atoms with Crippen LogP contribution in [0.2, 0.25) is 0 Å². The van der Waals surface area contributed by atoms with E-state index in [1.807, 2.05) is 0 Å². The molecule has 0 aliphatic rings. The highest BCUT2D eigenvalue weighted by atomic mass is 16.5. The summed E-state index contributed by atoms with van der Waals surface area (Å²) in [7, 11) is 0. The van der Waals surface area contributed by atoms with E-state index in [4.69, 9.17) is 10.2 Å². The number of hydrogen-bond acceptors (Lipinski definition) is 4. The predicted molar refractivity (Wildman–Crippen MR) is 71.6 cm³/mol. The molecule has 1 amide bonds. The van der Waals surface area contributed by atoms with Crippen LogP contribution in [0.1, 0.15) is 18.4 Å². The van der Waals surface area contributed by atoms with Gasteiger partial charge in [-0.2, -0.15) is 0 Å². The van der Waals surface area contributed by atoms with E-state index in [2.05, 4.69) is 0 Å². The smallest absolute Gasteiger partial charge is 0.308 e. The molecule has 0 aliphatic carbocycles. The largest absolute Gasteiger partial charge is 0.481 e. The van der Waals surface area contributed by atoms with Gasteiger partial charge in [-0.25, -0.2) is 5.06 Å². The molecule has 1 unspecified atom stereocenters. The molecule has 0 saturated carbocycles. The second kappa shape index (κ2) is 8.01. The Bertz CT molecular complexity index is 501. The fraction of sp³-hybridized carbons (Fsp3) is 0.357. The number of benzene rings is 1. The highest BCUT2D eigenvalue weighted by molar-refractivity contribution is 5.78. The number of nitrogens with zero attached hydrogens (tertiary/aromatic N) is 1. The summed E-state index contributed by atoms with van der Waals surface area (Å²) in [6.45, 7) is -0.436. The highest BCUT2D eigenvalue weighted by Gasteiger charge is 2.24. The Morgan fingerprint density at radius 2 is 1.71 bits per heavy atom. The van der Waals surface area contributed by atoms with Gasteiger partial charge in [0.15, 0.2) is 0 Å². The van der Waals surface area contributed by atoms with Crippen molar-refractivity contribution >= 4 is 17.8 Å². The maximum atomic E-state index is 11.8. The molecule has 1 aromatic carbocycles. The Morgan fingerprint density at radius 1 is 1.10 bits per heavy atom. The van der Waals surface area contributed by atoms with Crippen molar-refractivity contribution in [2.45, 2.75) is 19.3 Å². The van der Waals surface area contributed by atoms with Crippen LogP contribution in [0.3, 0.4) is 0 Å². The SMILES string of the molecule is O=C(O)CCC(CN(O)C(=O)Cc1ccccc1)C(=O)O. The van der Waals surface area contributed by atoms with Crippen molar-refractivity contribution in [3.8, 4) is 0 Å². The monoisotopic (exact) mass is 295 g/mol. The lowest BCUT2D eigenvalue weighted by molar-refractivity contribution is -0.170. The zero-order chi connectivity index (χ0) is 15.8. The molecular weight excluding hydrogens is 278 g/mol. The molecule has 1 atom stereocenters. The normalized spacial score (nSPS) is 11.7. The van der Waals surface area contributed by atoms with Crippen LogP contribution in [0.5, 0.6) is 0 Å². The van der Waals surface area contributed by atoms with Gasteiger partial charge in [0.1, 0.15) is 0 Å². The number of carboxylic acid groups (broad SMARTS) is 2. The molecule has 0 saturated heterocycles. The Balaban J connectivity index is 2.55. The number of carbonyl (C=O) groups excluding carboxylic acids is 1. The van der Waals surface area contributed by atoms with E-state index in [0.29, 0.717) is 10.6 Å². The van der Waals surface area contributed by atoms with Gasteiger partial charge < -0.3 is 10.2 Å². The van der Waals surface area contributed by atoms with Crippen LogP contribution in [0.4, 0.5) is 0 Å². The van der Waals surface area contributed by atoms with Crippen LogP contribution >= 0.6 is 0 Å². The van der Waals surface area contributed by atoms with Gasteiger partial charge in [-0.1, -0.05) is 30.3 Å². The van der Waals surface area contributed by atoms with Gasteiger partial charge in [-0.3, -0.25) is 19.6 Å². The fourth-order valence-electron chi connectivity index (χ4n) is 1.76. The van der Waals surface area contributed by atoms with Crippen LogP contribution in [0.15, 0.2) is 30.3 Å². The average Bonchev–Trinajstić information content (AvgIpc) is 2.43. The van der Waals surface area contributed by atoms with Crippen molar-refractivity contribution in [2.24, 2.45) is 5.92 Å². The van der Waals surface area contributed by atoms with E-state index < -0.39 is 30.3 Å². The first-order valence-corrected chi connectivity index (χ1v) is 6.38. The van der Waals surface area contributed by atoms with Gasteiger partial charge in [-0.05, 0) is 12.0 Å². The van der Waals surface area contributed by atoms with E-state index >= 15 is 0 Å². The summed E-state index contributed by atoms with van der Waals surface area (Å²) in [5.74, 6) is -4.13. The van der Waals surface area contributed by atoms with Gasteiger partial charge in [0.25, 0.3) is 0 Å². The predicted octanol–water partition coefficient (Wildman–Crippen LogP) is 1.01. The summed E-state index contributed by atoms with van der Waals surface area (Å²) < 4.78 is 0. The first-order chi connectivity index (χ1) is 9.90. The molecule has 7 heteroatoms. The van der Waals surface area contributed by atoms with Gasteiger partial charge in [0.2, 0.25) is 5.91 Å².